The highest BCUT2D eigenvalue weighted by molar-refractivity contribution is 7.26. The summed E-state index contributed by atoms with van der Waals surface area (Å²) in [6, 6.07) is 0. The van der Waals surface area contributed by atoms with Crippen molar-refractivity contribution in [2.24, 2.45) is 0 Å². The van der Waals surface area contributed by atoms with Crippen molar-refractivity contribution in [1.82, 2.24) is 0 Å². The lowest BCUT2D eigenvalue weighted by molar-refractivity contribution is -0.186. The molecule has 1 aliphatic rings. The number of hydrogen-bond acceptors (Lipinski definition) is 5. The van der Waals surface area contributed by atoms with E-state index in [4.69, 9.17) is 18.7 Å². The number of rotatable bonds is 35. The van der Waals surface area contributed by atoms with Crippen molar-refractivity contribution < 1.29 is 23.6 Å². The van der Waals surface area contributed by atoms with Gasteiger partial charge in [0.2, 0.25) is 0 Å². The zero-order valence-corrected chi connectivity index (χ0v) is 30.2. The first-order chi connectivity index (χ1) is 21.3. The first-order valence-electron chi connectivity index (χ1n) is 19.1. The van der Waals surface area contributed by atoms with Crippen LogP contribution in [0, 0.1) is 0 Å². The lowest BCUT2D eigenvalue weighted by Crippen LogP contribution is -2.31. The molecular weight excluding hydrogens is 555 g/mol. The summed E-state index contributed by atoms with van der Waals surface area (Å²) in [5.41, 5.74) is 0. The predicted octanol–water partition coefficient (Wildman–Crippen LogP) is 12.9. The Hall–Kier alpha value is 0.230. The van der Waals surface area contributed by atoms with Crippen LogP contribution < -0.4 is 0 Å². The second-order valence-electron chi connectivity index (χ2n) is 13.3. The van der Waals surface area contributed by atoms with Gasteiger partial charge >= 0.3 is 0 Å². The summed E-state index contributed by atoms with van der Waals surface area (Å²) in [6.07, 6.45) is 40.8. The summed E-state index contributed by atoms with van der Waals surface area (Å²) in [4.78, 5) is 4.63. The van der Waals surface area contributed by atoms with Crippen molar-refractivity contribution in [3.8, 4) is 0 Å². The third kappa shape index (κ3) is 26.0. The average molecular weight is 631 g/mol. The van der Waals surface area contributed by atoms with Crippen LogP contribution in [-0.4, -0.2) is 32.2 Å². The summed E-state index contributed by atoms with van der Waals surface area (Å²) in [5.74, 6) is -0.409. The minimum atomic E-state index is -0.409. The number of hydrogen-bond donors (Lipinski definition) is 0. The quantitative estimate of drug-likeness (QED) is 0.0302. The Morgan fingerprint density at radius 3 is 1.23 bits per heavy atom. The van der Waals surface area contributed by atoms with Crippen molar-refractivity contribution >= 4 is 9.03 Å². The van der Waals surface area contributed by atoms with Gasteiger partial charge in [0.05, 0.1) is 20.3 Å². The highest BCUT2D eigenvalue weighted by Gasteiger charge is 2.40. The highest BCUT2D eigenvalue weighted by atomic mass is 31.1. The summed E-state index contributed by atoms with van der Waals surface area (Å²) in [6.45, 7) is 5.71. The van der Waals surface area contributed by atoms with Gasteiger partial charge in [0.15, 0.2) is 14.8 Å². The minimum Gasteiger partial charge on any atom is -0.347 e. The summed E-state index contributed by atoms with van der Waals surface area (Å²) >= 11 is 0. The maximum absolute atomic E-state index is 6.52. The molecule has 0 spiro atoms. The van der Waals surface area contributed by atoms with Gasteiger partial charge in [0, 0.05) is 12.8 Å². The van der Waals surface area contributed by atoms with Crippen molar-refractivity contribution in [3.63, 3.8) is 0 Å². The van der Waals surface area contributed by atoms with E-state index in [2.05, 4.69) is 18.7 Å². The molecule has 0 bridgehead atoms. The van der Waals surface area contributed by atoms with E-state index in [0.29, 0.717) is 13.2 Å². The van der Waals surface area contributed by atoms with E-state index < -0.39 is 5.79 Å². The van der Waals surface area contributed by atoms with E-state index in [0.717, 1.165) is 12.8 Å². The van der Waals surface area contributed by atoms with Gasteiger partial charge in [-0.1, -0.05) is 181 Å². The first kappa shape index (κ1) is 41.3. The van der Waals surface area contributed by atoms with Gasteiger partial charge in [0.25, 0.3) is 0 Å². The molecule has 1 saturated heterocycles. The Bertz CT molecular complexity index is 517. The molecule has 5 nitrogen and oxygen atoms in total. The zero-order chi connectivity index (χ0) is 30.9. The Labute approximate surface area is 270 Å². The molecule has 2 unspecified atom stereocenters. The van der Waals surface area contributed by atoms with E-state index >= 15 is 0 Å². The van der Waals surface area contributed by atoms with Crippen LogP contribution in [0.15, 0.2) is 0 Å². The molecule has 0 aromatic heterocycles. The van der Waals surface area contributed by atoms with Gasteiger partial charge in [-0.2, -0.15) is 4.67 Å². The fourth-order valence-corrected chi connectivity index (χ4v) is 6.82. The second kappa shape index (κ2) is 32.2. The van der Waals surface area contributed by atoms with E-state index in [-0.39, 0.29) is 15.1 Å². The van der Waals surface area contributed by atoms with Crippen LogP contribution in [0.4, 0.5) is 0 Å². The van der Waals surface area contributed by atoms with Gasteiger partial charge in [-0.05, 0) is 12.8 Å². The maximum Gasteiger partial charge on any atom is 0.194 e. The largest absolute Gasteiger partial charge is 0.347 e. The SMILES string of the molecule is CCCCCCCCCCCCCCCCC1(CCCCCCCCCCCCCCCC)OCC(COPOOC)O1. The molecule has 6 heteroatoms. The van der Waals surface area contributed by atoms with Crippen molar-refractivity contribution in [1.29, 1.82) is 0 Å². The molecule has 0 saturated carbocycles. The van der Waals surface area contributed by atoms with Gasteiger partial charge in [0.1, 0.15) is 6.10 Å². The molecule has 0 radical (unpaired) electrons. The Kier molecular flexibility index (Phi) is 30.9. The molecule has 0 amide bonds. The predicted molar refractivity (Wildman–Crippen MR) is 186 cm³/mol. The van der Waals surface area contributed by atoms with Gasteiger partial charge in [-0.3, -0.25) is 0 Å². The van der Waals surface area contributed by atoms with Crippen LogP contribution in [0.2, 0.25) is 0 Å². The molecule has 1 rings (SSSR count). The van der Waals surface area contributed by atoms with Crippen molar-refractivity contribution in [2.75, 3.05) is 20.3 Å². The summed E-state index contributed by atoms with van der Waals surface area (Å²) in [5, 5.41) is 0. The minimum absolute atomic E-state index is 0.00811. The van der Waals surface area contributed by atoms with E-state index in [1.807, 2.05) is 0 Å². The molecule has 0 aromatic rings. The Morgan fingerprint density at radius 1 is 0.535 bits per heavy atom. The summed E-state index contributed by atoms with van der Waals surface area (Å²) < 4.78 is 23.3. The Balaban J connectivity index is 2.13. The normalized spacial score (nSPS) is 16.7. The monoisotopic (exact) mass is 631 g/mol. The van der Waals surface area contributed by atoms with Crippen LogP contribution in [0.1, 0.15) is 206 Å². The van der Waals surface area contributed by atoms with Gasteiger partial charge in [-0.15, -0.1) is 0 Å². The topological polar surface area (TPSA) is 46.2 Å². The molecule has 1 aliphatic heterocycles. The molecule has 2 atom stereocenters. The lowest BCUT2D eigenvalue weighted by atomic mass is 9.98. The smallest absolute Gasteiger partial charge is 0.194 e. The average Bonchev–Trinajstić information content (AvgIpc) is 3.42. The van der Waals surface area contributed by atoms with E-state index in [1.54, 1.807) is 0 Å². The van der Waals surface area contributed by atoms with Crippen LogP contribution in [0.3, 0.4) is 0 Å². The van der Waals surface area contributed by atoms with Gasteiger partial charge in [-0.25, -0.2) is 4.89 Å². The van der Waals surface area contributed by atoms with E-state index in [1.165, 1.54) is 187 Å². The molecule has 0 N–H and O–H groups in total. The van der Waals surface area contributed by atoms with Crippen LogP contribution in [0.5, 0.6) is 0 Å². The number of ether oxygens (including phenoxy) is 2. The second-order valence-corrected chi connectivity index (χ2v) is 13.9. The molecule has 0 aliphatic carbocycles. The van der Waals surface area contributed by atoms with Crippen LogP contribution in [-0.2, 0) is 23.6 Å². The summed E-state index contributed by atoms with van der Waals surface area (Å²) in [7, 11) is 1.39. The van der Waals surface area contributed by atoms with Crippen LogP contribution >= 0.6 is 9.03 Å². The van der Waals surface area contributed by atoms with Crippen LogP contribution in [0.25, 0.3) is 0 Å². The fourth-order valence-electron chi connectivity index (χ4n) is 6.45. The third-order valence-electron chi connectivity index (χ3n) is 9.18. The van der Waals surface area contributed by atoms with Crippen molar-refractivity contribution in [3.05, 3.63) is 0 Å². The fraction of sp³-hybridized carbons (Fsp3) is 1.00. The first-order valence-corrected chi connectivity index (χ1v) is 20.0. The lowest BCUT2D eigenvalue weighted by Gasteiger charge is -2.28. The standard InChI is InChI=1S/C37H75O5P/c1-4-6-8-10-12-14-16-18-20-22-24-26-28-30-32-37(39-34-36(41-37)35-40-43-42-38-3)33-31-29-27-25-23-21-19-17-15-13-11-9-7-5-2/h36,43H,4-35H2,1-3H3. The maximum atomic E-state index is 6.52. The molecule has 0 aromatic carbocycles. The highest BCUT2D eigenvalue weighted by Crippen LogP contribution is 2.35. The number of unbranched alkanes of at least 4 members (excludes halogenated alkanes) is 26. The Morgan fingerprint density at radius 2 is 0.884 bits per heavy atom. The molecule has 1 fully saturated rings. The third-order valence-corrected chi connectivity index (χ3v) is 9.70. The molecule has 43 heavy (non-hydrogen) atoms. The molecule has 1 heterocycles. The van der Waals surface area contributed by atoms with Gasteiger partial charge < -0.3 is 14.0 Å². The van der Waals surface area contributed by atoms with E-state index in [9.17, 15) is 0 Å². The van der Waals surface area contributed by atoms with Crippen molar-refractivity contribution in [2.45, 2.75) is 218 Å². The molecule has 258 valence electrons. The zero-order valence-electron chi connectivity index (χ0n) is 29.2. The molecular formula is C37H75O5P.